The lowest BCUT2D eigenvalue weighted by Gasteiger charge is -2.06. The van der Waals surface area contributed by atoms with Crippen LogP contribution in [0.15, 0.2) is 18.2 Å². The van der Waals surface area contributed by atoms with Crippen molar-refractivity contribution >= 4 is 27.1 Å². The van der Waals surface area contributed by atoms with Gasteiger partial charge in [-0.05, 0) is 17.7 Å². The fraction of sp³-hybridized carbons (Fsp3) is 0.400. The van der Waals surface area contributed by atoms with Crippen LogP contribution in [0.3, 0.4) is 0 Å². The van der Waals surface area contributed by atoms with E-state index in [0.29, 0.717) is 16.3 Å². The fourth-order valence-electron chi connectivity index (χ4n) is 1.20. The first-order chi connectivity index (χ1) is 7.44. The molecule has 0 spiro atoms. The van der Waals surface area contributed by atoms with Crippen molar-refractivity contribution in [1.29, 1.82) is 0 Å². The van der Waals surface area contributed by atoms with E-state index in [0.717, 1.165) is 0 Å². The highest BCUT2D eigenvalue weighted by Gasteiger charge is 2.13. The summed E-state index contributed by atoms with van der Waals surface area (Å²) in [5, 5.41) is 0.376. The van der Waals surface area contributed by atoms with Gasteiger partial charge in [-0.1, -0.05) is 17.7 Å². The van der Waals surface area contributed by atoms with Gasteiger partial charge in [0.2, 0.25) is 0 Å². The largest absolute Gasteiger partial charge is 0.399 e. The van der Waals surface area contributed by atoms with Gasteiger partial charge in [-0.25, -0.2) is 8.42 Å². The Bertz CT molecular complexity index is 459. The Balaban J connectivity index is 2.80. The number of benzene rings is 1. The molecule has 0 aliphatic carbocycles. The SMILES string of the molecule is COCCS(=O)(=O)Cc1ccc(N)cc1Cl. The van der Waals surface area contributed by atoms with Crippen molar-refractivity contribution in [2.45, 2.75) is 5.75 Å². The van der Waals surface area contributed by atoms with Crippen LogP contribution in [-0.2, 0) is 20.3 Å². The maximum atomic E-state index is 11.6. The van der Waals surface area contributed by atoms with Crippen LogP contribution in [0.1, 0.15) is 5.56 Å². The van der Waals surface area contributed by atoms with E-state index in [9.17, 15) is 8.42 Å². The van der Waals surface area contributed by atoms with Gasteiger partial charge in [0.15, 0.2) is 9.84 Å². The van der Waals surface area contributed by atoms with Gasteiger partial charge in [0.05, 0.1) is 18.1 Å². The second kappa shape index (κ2) is 5.52. The van der Waals surface area contributed by atoms with Crippen molar-refractivity contribution in [3.05, 3.63) is 28.8 Å². The highest BCUT2D eigenvalue weighted by Crippen LogP contribution is 2.21. The van der Waals surface area contributed by atoms with Gasteiger partial charge in [-0.15, -0.1) is 0 Å². The quantitative estimate of drug-likeness (QED) is 0.817. The third kappa shape index (κ3) is 4.00. The molecule has 1 rings (SSSR count). The zero-order chi connectivity index (χ0) is 12.2. The number of methoxy groups -OCH3 is 1. The lowest BCUT2D eigenvalue weighted by molar-refractivity contribution is 0.217. The number of hydrogen-bond donors (Lipinski definition) is 1. The molecule has 0 unspecified atom stereocenters. The number of hydrogen-bond acceptors (Lipinski definition) is 4. The zero-order valence-corrected chi connectivity index (χ0v) is 10.5. The minimum absolute atomic E-state index is 0.00972. The molecule has 1 aromatic rings. The van der Waals surface area contributed by atoms with Crippen LogP contribution >= 0.6 is 11.6 Å². The van der Waals surface area contributed by atoms with E-state index in [1.54, 1.807) is 18.2 Å². The third-order valence-electron chi connectivity index (χ3n) is 2.05. The standard InChI is InChI=1S/C10H14ClNO3S/c1-15-4-5-16(13,14)7-8-2-3-9(12)6-10(8)11/h2-3,6H,4-5,7,12H2,1H3. The Labute approximate surface area is 100 Å². The Hall–Kier alpha value is -0.780. The van der Waals surface area contributed by atoms with Crippen molar-refractivity contribution in [2.24, 2.45) is 0 Å². The van der Waals surface area contributed by atoms with Crippen LogP contribution in [0.25, 0.3) is 0 Å². The summed E-state index contributed by atoms with van der Waals surface area (Å²) >= 11 is 5.89. The Morgan fingerprint density at radius 1 is 1.44 bits per heavy atom. The predicted molar refractivity (Wildman–Crippen MR) is 65.2 cm³/mol. The Kier molecular flexibility index (Phi) is 4.58. The molecule has 6 heteroatoms. The monoisotopic (exact) mass is 263 g/mol. The van der Waals surface area contributed by atoms with Crippen LogP contribution in [-0.4, -0.2) is 27.9 Å². The van der Waals surface area contributed by atoms with Crippen molar-refractivity contribution < 1.29 is 13.2 Å². The number of nitrogens with two attached hydrogens (primary N) is 1. The first-order valence-electron chi connectivity index (χ1n) is 4.68. The molecular formula is C10H14ClNO3S. The smallest absolute Gasteiger partial charge is 0.156 e. The molecule has 0 bridgehead atoms. The van der Waals surface area contributed by atoms with Crippen molar-refractivity contribution in [2.75, 3.05) is 25.2 Å². The average molecular weight is 264 g/mol. The summed E-state index contributed by atoms with van der Waals surface area (Å²) in [6.07, 6.45) is 0. The maximum absolute atomic E-state index is 11.6. The molecule has 0 saturated carbocycles. The van der Waals surface area contributed by atoms with E-state index in [1.807, 2.05) is 0 Å². The molecule has 0 amide bonds. The van der Waals surface area contributed by atoms with E-state index in [4.69, 9.17) is 22.1 Å². The minimum Gasteiger partial charge on any atom is -0.399 e. The average Bonchev–Trinajstić information content (AvgIpc) is 2.19. The molecule has 0 heterocycles. The van der Waals surface area contributed by atoms with Gasteiger partial charge in [-0.3, -0.25) is 0 Å². The maximum Gasteiger partial charge on any atom is 0.156 e. The van der Waals surface area contributed by atoms with Gasteiger partial charge in [0.25, 0.3) is 0 Å². The van der Waals surface area contributed by atoms with Crippen molar-refractivity contribution in [1.82, 2.24) is 0 Å². The van der Waals surface area contributed by atoms with Crippen LogP contribution in [0, 0.1) is 0 Å². The van der Waals surface area contributed by atoms with E-state index < -0.39 is 9.84 Å². The molecule has 0 aromatic heterocycles. The molecule has 0 aliphatic rings. The second-order valence-electron chi connectivity index (χ2n) is 3.44. The predicted octanol–water partition coefficient (Wildman–Crippen LogP) is 1.48. The van der Waals surface area contributed by atoms with Gasteiger partial charge in [0.1, 0.15) is 0 Å². The summed E-state index contributed by atoms with van der Waals surface area (Å²) in [4.78, 5) is 0. The third-order valence-corrected chi connectivity index (χ3v) is 3.94. The number of halogens is 1. The van der Waals surface area contributed by atoms with Crippen molar-refractivity contribution in [3.63, 3.8) is 0 Å². The summed E-state index contributed by atoms with van der Waals surface area (Å²) in [7, 11) is -1.72. The van der Waals surface area contributed by atoms with E-state index in [1.165, 1.54) is 7.11 Å². The number of nitrogen functional groups attached to an aromatic ring is 1. The van der Waals surface area contributed by atoms with Gasteiger partial charge >= 0.3 is 0 Å². The highest BCUT2D eigenvalue weighted by atomic mass is 35.5. The number of sulfone groups is 1. The number of rotatable bonds is 5. The number of anilines is 1. The molecule has 90 valence electrons. The van der Waals surface area contributed by atoms with Gasteiger partial charge < -0.3 is 10.5 Å². The van der Waals surface area contributed by atoms with Crippen LogP contribution in [0.5, 0.6) is 0 Å². The summed E-state index contributed by atoms with van der Waals surface area (Å²) in [6, 6.07) is 4.80. The summed E-state index contributed by atoms with van der Waals surface area (Å²) in [5.74, 6) is -0.0975. The summed E-state index contributed by atoms with van der Waals surface area (Å²) in [5.41, 5.74) is 6.60. The van der Waals surface area contributed by atoms with Crippen LogP contribution in [0.2, 0.25) is 5.02 Å². The molecule has 0 radical (unpaired) electrons. The first kappa shape index (κ1) is 13.3. The molecule has 4 nitrogen and oxygen atoms in total. The minimum atomic E-state index is -3.18. The zero-order valence-electron chi connectivity index (χ0n) is 8.94. The molecule has 0 saturated heterocycles. The van der Waals surface area contributed by atoms with Gasteiger partial charge in [-0.2, -0.15) is 0 Å². The summed E-state index contributed by atoms with van der Waals surface area (Å²) < 4.78 is 28.0. The highest BCUT2D eigenvalue weighted by molar-refractivity contribution is 7.90. The van der Waals surface area contributed by atoms with Crippen LogP contribution < -0.4 is 5.73 Å². The molecule has 1 aromatic carbocycles. The Morgan fingerprint density at radius 3 is 2.69 bits per heavy atom. The fourth-order valence-corrected chi connectivity index (χ4v) is 2.83. The summed E-state index contributed by atoms with van der Waals surface area (Å²) in [6.45, 7) is 0.189. The van der Waals surface area contributed by atoms with E-state index >= 15 is 0 Å². The second-order valence-corrected chi connectivity index (χ2v) is 6.03. The van der Waals surface area contributed by atoms with Crippen molar-refractivity contribution in [3.8, 4) is 0 Å². The van der Waals surface area contributed by atoms with E-state index in [2.05, 4.69) is 0 Å². The normalized spacial score (nSPS) is 11.6. The Morgan fingerprint density at radius 2 is 2.12 bits per heavy atom. The first-order valence-corrected chi connectivity index (χ1v) is 6.88. The molecule has 2 N–H and O–H groups in total. The lowest BCUT2D eigenvalue weighted by atomic mass is 10.2. The number of ether oxygens (including phenoxy) is 1. The lowest BCUT2D eigenvalue weighted by Crippen LogP contribution is -2.13. The van der Waals surface area contributed by atoms with E-state index in [-0.39, 0.29) is 18.1 Å². The molecule has 0 fully saturated rings. The van der Waals surface area contributed by atoms with Crippen LogP contribution in [0.4, 0.5) is 5.69 Å². The molecule has 16 heavy (non-hydrogen) atoms. The topological polar surface area (TPSA) is 69.4 Å². The molecular weight excluding hydrogens is 250 g/mol. The molecule has 0 atom stereocenters. The van der Waals surface area contributed by atoms with Gasteiger partial charge in [0, 0.05) is 17.8 Å². The molecule has 0 aliphatic heterocycles.